The van der Waals surface area contributed by atoms with Crippen molar-refractivity contribution in [3.63, 3.8) is 0 Å². The van der Waals surface area contributed by atoms with Crippen molar-refractivity contribution in [3.05, 3.63) is 46.3 Å². The number of sulfone groups is 1. The molecule has 0 aromatic rings. The second kappa shape index (κ2) is 7.65. The largest absolute Gasteiger partial charge is 0.395 e. The van der Waals surface area contributed by atoms with E-state index in [1.54, 1.807) is 0 Å². The van der Waals surface area contributed by atoms with Crippen LogP contribution < -0.4 is 10.9 Å². The summed E-state index contributed by atoms with van der Waals surface area (Å²) in [6.45, 7) is 1.43. The minimum atomic E-state index is -4.47. The van der Waals surface area contributed by atoms with Crippen molar-refractivity contribution in [1.82, 2.24) is 10.9 Å². The summed E-state index contributed by atoms with van der Waals surface area (Å²) in [5, 5.41) is 0. The molecule has 2 aliphatic rings. The minimum absolute atomic E-state index is 0.0487. The van der Waals surface area contributed by atoms with E-state index in [0.717, 1.165) is 18.2 Å². The molecule has 0 bridgehead atoms. The average Bonchev–Trinajstić information content (AvgIpc) is 2.59. The molecule has 5 nitrogen and oxygen atoms in total. The number of carbonyl (C=O) groups is 1. The molecule has 2 aliphatic carbocycles. The van der Waals surface area contributed by atoms with Gasteiger partial charge in [-0.25, -0.2) is 12.8 Å². The quantitative estimate of drug-likeness (QED) is 0.555. The second-order valence-corrected chi connectivity index (χ2v) is 8.14. The Morgan fingerprint density at radius 3 is 2.62 bits per heavy atom. The number of halogens is 4. The summed E-state index contributed by atoms with van der Waals surface area (Å²) in [5.74, 6) is -3.37. The lowest BCUT2D eigenvalue weighted by molar-refractivity contribution is -0.161. The van der Waals surface area contributed by atoms with Crippen LogP contribution in [0.1, 0.15) is 26.2 Å². The Balaban J connectivity index is 2.13. The summed E-state index contributed by atoms with van der Waals surface area (Å²) < 4.78 is 75.9. The van der Waals surface area contributed by atoms with E-state index in [-0.39, 0.29) is 34.8 Å². The Morgan fingerprint density at radius 1 is 1.31 bits per heavy atom. The van der Waals surface area contributed by atoms with Crippen LogP contribution in [0.2, 0.25) is 0 Å². The van der Waals surface area contributed by atoms with Gasteiger partial charge in [0.15, 0.2) is 9.84 Å². The first-order valence-corrected chi connectivity index (χ1v) is 9.52. The van der Waals surface area contributed by atoms with E-state index in [4.69, 9.17) is 0 Å². The first-order valence-electron chi connectivity index (χ1n) is 7.87. The molecule has 1 amide bonds. The lowest BCUT2D eigenvalue weighted by atomic mass is 9.93. The Hall–Kier alpha value is -2.10. The van der Waals surface area contributed by atoms with Gasteiger partial charge in [-0.2, -0.15) is 13.2 Å². The van der Waals surface area contributed by atoms with Gasteiger partial charge in [0.1, 0.15) is 5.83 Å². The Bertz CT molecular complexity index is 808. The Labute approximate surface area is 148 Å². The highest BCUT2D eigenvalue weighted by atomic mass is 32.2. The topological polar surface area (TPSA) is 75.3 Å². The molecule has 0 aromatic carbocycles. The van der Waals surface area contributed by atoms with Gasteiger partial charge in [-0.15, -0.1) is 0 Å². The van der Waals surface area contributed by atoms with Crippen molar-refractivity contribution < 1.29 is 30.8 Å². The maximum absolute atomic E-state index is 13.5. The van der Waals surface area contributed by atoms with Crippen LogP contribution >= 0.6 is 0 Å². The fraction of sp³-hybridized carbons (Fsp3) is 0.438. The smallest absolute Gasteiger partial charge is 0.297 e. The van der Waals surface area contributed by atoms with Crippen molar-refractivity contribution in [3.8, 4) is 0 Å². The van der Waals surface area contributed by atoms with Crippen LogP contribution in [0.4, 0.5) is 17.6 Å². The third kappa shape index (κ3) is 4.75. The number of hydrogen-bond donors (Lipinski definition) is 2. The number of rotatable bonds is 5. The molecule has 0 fully saturated rings. The molecule has 0 spiro atoms. The van der Waals surface area contributed by atoms with Crippen LogP contribution in [0.5, 0.6) is 0 Å². The van der Waals surface area contributed by atoms with Crippen LogP contribution in [0.15, 0.2) is 46.3 Å². The predicted octanol–water partition coefficient (Wildman–Crippen LogP) is 2.97. The zero-order valence-corrected chi connectivity index (χ0v) is 14.7. The summed E-state index contributed by atoms with van der Waals surface area (Å²) in [7, 11) is -3.61. The van der Waals surface area contributed by atoms with E-state index in [1.165, 1.54) is 13.0 Å². The van der Waals surface area contributed by atoms with Gasteiger partial charge in [0.25, 0.3) is 5.91 Å². The van der Waals surface area contributed by atoms with Gasteiger partial charge in [0.05, 0.1) is 22.3 Å². The molecule has 1 unspecified atom stereocenters. The monoisotopic (exact) mass is 394 g/mol. The van der Waals surface area contributed by atoms with E-state index >= 15 is 0 Å². The second-order valence-electron chi connectivity index (χ2n) is 5.84. The van der Waals surface area contributed by atoms with E-state index < -0.39 is 40.1 Å². The summed E-state index contributed by atoms with van der Waals surface area (Å²) in [6, 6.07) is 0. The highest BCUT2D eigenvalue weighted by Gasteiger charge is 2.39. The Kier molecular flexibility index (Phi) is 5.94. The molecular formula is C16H18F4N2O3S. The van der Waals surface area contributed by atoms with Crippen molar-refractivity contribution >= 4 is 15.7 Å². The molecule has 144 valence electrons. The van der Waals surface area contributed by atoms with Crippen LogP contribution in [0, 0.1) is 5.92 Å². The van der Waals surface area contributed by atoms with E-state index in [1.807, 2.05) is 0 Å². The molecule has 0 radical (unpaired) electrons. The lowest BCUT2D eigenvalue weighted by Crippen LogP contribution is -2.40. The maximum Gasteiger partial charge on any atom is 0.395 e. The van der Waals surface area contributed by atoms with Crippen LogP contribution in [-0.4, -0.2) is 26.3 Å². The van der Waals surface area contributed by atoms with Crippen molar-refractivity contribution in [2.24, 2.45) is 5.92 Å². The number of hydrazine groups is 1. The van der Waals surface area contributed by atoms with Gasteiger partial charge in [0.2, 0.25) is 0 Å². The fourth-order valence-electron chi connectivity index (χ4n) is 2.56. The standard InChI is InChI=1S/C16H18F4N2O3S/c1-2-26(24,25)14-7-6-12(17)9-13(14)21-22-15(23)10-4-3-5-11(8-10)16(18,19)20/h3-5,9,11,21H,2,6-8H2,1H3,(H,22,23). The molecule has 0 saturated heterocycles. The molecule has 10 heteroatoms. The number of allylic oxidation sites excluding steroid dienone is 6. The predicted molar refractivity (Wildman–Crippen MR) is 87.6 cm³/mol. The maximum atomic E-state index is 13.5. The summed E-state index contributed by atoms with van der Waals surface area (Å²) >= 11 is 0. The number of alkyl halides is 3. The molecule has 0 heterocycles. The van der Waals surface area contributed by atoms with Crippen LogP contribution in [0.25, 0.3) is 0 Å². The van der Waals surface area contributed by atoms with Crippen LogP contribution in [-0.2, 0) is 14.6 Å². The number of amides is 1. The average molecular weight is 394 g/mol. The van der Waals surface area contributed by atoms with Gasteiger partial charge in [0, 0.05) is 12.0 Å². The van der Waals surface area contributed by atoms with Gasteiger partial charge < -0.3 is 0 Å². The highest BCUT2D eigenvalue weighted by molar-refractivity contribution is 7.95. The summed E-state index contributed by atoms with van der Waals surface area (Å²) in [4.78, 5) is 12.0. The molecule has 0 saturated carbocycles. The summed E-state index contributed by atoms with van der Waals surface area (Å²) in [5.41, 5.74) is 4.24. The highest BCUT2D eigenvalue weighted by Crippen LogP contribution is 2.34. The van der Waals surface area contributed by atoms with Crippen molar-refractivity contribution in [2.75, 3.05) is 5.75 Å². The normalized spacial score (nSPS) is 21.2. The SMILES string of the molecule is CCS(=O)(=O)C1=C(NNC(=O)C2=CC=CC(C(F)(F)F)C2)C=C(F)CC1. The number of nitrogens with one attached hydrogen (secondary N) is 2. The first-order chi connectivity index (χ1) is 12.0. The number of hydrogen-bond acceptors (Lipinski definition) is 4. The number of carbonyl (C=O) groups excluding carboxylic acids is 1. The lowest BCUT2D eigenvalue weighted by Gasteiger charge is -2.22. The first kappa shape index (κ1) is 20.2. The van der Waals surface area contributed by atoms with Gasteiger partial charge in [-0.3, -0.25) is 15.6 Å². The van der Waals surface area contributed by atoms with Crippen molar-refractivity contribution in [1.29, 1.82) is 0 Å². The van der Waals surface area contributed by atoms with E-state index in [9.17, 15) is 30.8 Å². The third-order valence-electron chi connectivity index (χ3n) is 4.05. The van der Waals surface area contributed by atoms with Crippen molar-refractivity contribution in [2.45, 2.75) is 32.4 Å². The van der Waals surface area contributed by atoms with E-state index in [0.29, 0.717) is 0 Å². The zero-order valence-electron chi connectivity index (χ0n) is 13.9. The molecular weight excluding hydrogens is 376 g/mol. The molecule has 2 rings (SSSR count). The van der Waals surface area contributed by atoms with Gasteiger partial charge in [-0.1, -0.05) is 25.2 Å². The molecule has 2 N–H and O–H groups in total. The van der Waals surface area contributed by atoms with Gasteiger partial charge >= 0.3 is 6.18 Å². The van der Waals surface area contributed by atoms with Gasteiger partial charge in [-0.05, 0) is 18.9 Å². The van der Waals surface area contributed by atoms with Crippen LogP contribution in [0.3, 0.4) is 0 Å². The summed E-state index contributed by atoms with van der Waals surface area (Å²) in [6.07, 6.45) is -0.828. The molecule has 1 atom stereocenters. The third-order valence-corrected chi connectivity index (χ3v) is 5.99. The zero-order chi connectivity index (χ0) is 19.5. The molecule has 26 heavy (non-hydrogen) atoms. The molecule has 0 aromatic heterocycles. The Morgan fingerprint density at radius 2 is 2.00 bits per heavy atom. The minimum Gasteiger partial charge on any atom is -0.297 e. The fourth-order valence-corrected chi connectivity index (χ4v) is 3.76. The molecule has 0 aliphatic heterocycles. The van der Waals surface area contributed by atoms with E-state index in [2.05, 4.69) is 10.9 Å².